The van der Waals surface area contributed by atoms with Crippen LogP contribution in [0.5, 0.6) is 0 Å². The standard InChI is InChI=1S/C26H31N3.C23H27N3.C17H14ClN.C17H15NO.C7H7Br.Cl2OS/c1-5-15-28-17-21(4)29(18-20(28)3)26(22-10-8-9-19(2)16-22)24-13-14-27-25-12-7-6-11-23(24)25;1-16-7-6-8-19(13-16)23(26-15-17(2)25-14-18(26)3)21-11-12-24-22-10-5-4-9-20(21)22;1-12-5-4-6-13(11-12)17(18)15-9-10-19-16-8-3-2-7-14(15)16;1-12-5-4-6-13(11-12)17(19)15-9-10-18-16-8-3-2-7-14(15)16;1-6-3-2-4-7(8)5-6;1-4(2)3/h5-14,16,20-21,26H,1,15,17-18H2,2-4H3;4-13,17-18,23,25H,14-15H2,1-3H3;2-11,17H,1H3;2-11,17,19H,1H3;2-5H,1H3;/t20-,21+,26?;17-,18+,23?;;;;/m11..../s1. The molecule has 10 nitrogen and oxygen atoms in total. The number of aliphatic hydroxyl groups is 1. The number of rotatable bonds is 12. The Morgan fingerprint density at radius 1 is 0.467 bits per heavy atom. The number of benzene rings is 9. The first-order valence-electron chi connectivity index (χ1n) is 35.7. The van der Waals surface area contributed by atoms with Gasteiger partial charge in [-0.15, -0.1) is 18.2 Å². The first-order valence-corrected chi connectivity index (χ1v) is 39.8. The van der Waals surface area contributed by atoms with E-state index in [9.17, 15) is 5.11 Å². The molecular formula is C90H94BrCl3N8O2S. The maximum Gasteiger partial charge on any atom is 0.211 e. The van der Waals surface area contributed by atoms with Crippen LogP contribution in [0.2, 0.25) is 0 Å². The maximum absolute atomic E-state index is 10.6. The van der Waals surface area contributed by atoms with E-state index in [0.29, 0.717) is 24.2 Å². The molecule has 0 radical (unpaired) electrons. The van der Waals surface area contributed by atoms with E-state index in [-0.39, 0.29) is 17.5 Å². The number of fused-ring (bicyclic) bond motifs is 4. The molecule has 8 atom stereocenters. The van der Waals surface area contributed by atoms with E-state index < -0.39 is 15.3 Å². The van der Waals surface area contributed by atoms with Gasteiger partial charge in [0.25, 0.3) is 0 Å². The molecule has 9 aromatic carbocycles. The molecular weight excluding hydrogens is 1440 g/mol. The average molecular weight is 1540 g/mol. The molecule has 0 bridgehead atoms. The van der Waals surface area contributed by atoms with Gasteiger partial charge in [0, 0.05) is 129 Å². The van der Waals surface area contributed by atoms with E-state index in [4.69, 9.17) is 15.8 Å². The molecule has 2 N–H and O–H groups in total. The van der Waals surface area contributed by atoms with Crippen molar-refractivity contribution in [3.05, 3.63) is 357 Å². The van der Waals surface area contributed by atoms with E-state index in [0.717, 1.165) is 97.9 Å². The van der Waals surface area contributed by atoms with Gasteiger partial charge in [0.2, 0.25) is 9.23 Å². The highest BCUT2D eigenvalue weighted by Crippen LogP contribution is 2.39. The fraction of sp³-hybridized carbons (Fsp3) is 0.244. The number of pyridine rings is 4. The fourth-order valence-electron chi connectivity index (χ4n) is 14.2. The summed E-state index contributed by atoms with van der Waals surface area (Å²) in [5, 5.41) is 18.7. The number of nitrogens with zero attached hydrogens (tertiary/aromatic N) is 7. The van der Waals surface area contributed by atoms with Crippen LogP contribution in [0, 0.1) is 34.6 Å². The Kier molecular flexibility index (Phi) is 29.3. The SMILES string of the molecule is C=CCN1C[C@H](C)N(C(c2cccc(C)c2)c2ccnc3ccccc23)C[C@H]1C.Cc1cccc(Br)c1.Cc1cccc(C(Cl)c2ccnc3ccccc23)c1.Cc1cccc(C(O)c2ccnc3ccccc23)c1.Cc1cccc(C(c2ccnc3ccccc23)N2C[C@@H](C)NC[C@@H]2C)c1.O=S(Cl)Cl. The van der Waals surface area contributed by atoms with Crippen molar-refractivity contribution in [3.63, 3.8) is 0 Å². The van der Waals surface area contributed by atoms with Crippen LogP contribution in [0.1, 0.15) is 124 Å². The first kappa shape index (κ1) is 79.2. The number of hydrogen-bond donors (Lipinski definition) is 2. The van der Waals surface area contributed by atoms with Gasteiger partial charge in [-0.25, -0.2) is 4.21 Å². The molecule has 15 heteroatoms. The molecule has 540 valence electrons. The highest BCUT2D eigenvalue weighted by molar-refractivity contribution is 9.10. The van der Waals surface area contributed by atoms with E-state index in [1.165, 1.54) is 55.3 Å². The van der Waals surface area contributed by atoms with Crippen LogP contribution >= 0.6 is 48.9 Å². The fourth-order valence-corrected chi connectivity index (χ4v) is 15.1. The van der Waals surface area contributed by atoms with Crippen LogP contribution in [-0.4, -0.2) is 101 Å². The Balaban J connectivity index is 0.000000144. The Labute approximate surface area is 645 Å². The third-order valence-corrected chi connectivity index (χ3v) is 20.3. The van der Waals surface area contributed by atoms with Gasteiger partial charge in [-0.1, -0.05) is 232 Å². The second-order valence-corrected chi connectivity index (χ2v) is 31.2. The molecule has 4 aromatic heterocycles. The molecule has 0 aliphatic carbocycles. The van der Waals surface area contributed by atoms with Gasteiger partial charge < -0.3 is 10.4 Å². The topological polar surface area (TPSA) is 111 Å². The minimum absolute atomic E-state index is 0.146. The van der Waals surface area contributed by atoms with Gasteiger partial charge >= 0.3 is 0 Å². The normalized spacial score (nSPS) is 17.2. The summed E-state index contributed by atoms with van der Waals surface area (Å²) in [6, 6.07) is 86.1. The smallest absolute Gasteiger partial charge is 0.211 e. The molecule has 15 rings (SSSR count). The maximum atomic E-state index is 10.6. The molecule has 2 aliphatic rings. The molecule has 4 unspecified atom stereocenters. The van der Waals surface area contributed by atoms with Crippen molar-refractivity contribution < 1.29 is 9.32 Å². The van der Waals surface area contributed by atoms with Crippen molar-refractivity contribution in [2.24, 2.45) is 0 Å². The van der Waals surface area contributed by atoms with Crippen LogP contribution < -0.4 is 5.32 Å². The zero-order valence-electron chi connectivity index (χ0n) is 61.2. The number of hydrogen-bond acceptors (Lipinski definition) is 10. The summed E-state index contributed by atoms with van der Waals surface area (Å²) in [7, 11) is 7.36. The van der Waals surface area contributed by atoms with Crippen molar-refractivity contribution in [3.8, 4) is 0 Å². The van der Waals surface area contributed by atoms with Crippen LogP contribution in [0.3, 0.4) is 0 Å². The van der Waals surface area contributed by atoms with Gasteiger partial charge in [0.15, 0.2) is 0 Å². The lowest BCUT2D eigenvalue weighted by atomic mass is 9.91. The minimum Gasteiger partial charge on any atom is -0.384 e. The third kappa shape index (κ3) is 21.5. The average Bonchev–Trinajstić information content (AvgIpc) is 0.837. The zero-order valence-corrected chi connectivity index (χ0v) is 65.9. The summed E-state index contributed by atoms with van der Waals surface area (Å²) in [5.41, 5.74) is 19.8. The van der Waals surface area contributed by atoms with Crippen molar-refractivity contribution in [2.45, 2.75) is 110 Å². The Morgan fingerprint density at radius 2 is 0.829 bits per heavy atom. The number of piperazine rings is 2. The second-order valence-electron chi connectivity index (χ2n) is 27.4. The number of alkyl halides is 1. The van der Waals surface area contributed by atoms with Crippen LogP contribution in [0.4, 0.5) is 0 Å². The van der Waals surface area contributed by atoms with Crippen molar-refractivity contribution in [1.29, 1.82) is 0 Å². The van der Waals surface area contributed by atoms with Gasteiger partial charge in [-0.3, -0.25) is 34.6 Å². The molecule has 0 saturated carbocycles. The lowest BCUT2D eigenvalue weighted by Crippen LogP contribution is -2.57. The summed E-state index contributed by atoms with van der Waals surface area (Å²) in [5.74, 6) is 0. The second kappa shape index (κ2) is 38.8. The number of aliphatic hydroxyl groups excluding tert-OH is 1. The molecule has 0 amide bonds. The Bertz CT molecular complexity index is 4860. The molecule has 2 fully saturated rings. The van der Waals surface area contributed by atoms with Crippen LogP contribution in [0.25, 0.3) is 43.6 Å². The predicted octanol–water partition coefficient (Wildman–Crippen LogP) is 21.8. The van der Waals surface area contributed by atoms with Gasteiger partial charge in [-0.05, 0) is 167 Å². The van der Waals surface area contributed by atoms with Gasteiger partial charge in [0.05, 0.1) is 39.5 Å². The Hall–Kier alpha value is -8.34. The van der Waals surface area contributed by atoms with Crippen LogP contribution in [-0.2, 0) is 9.23 Å². The minimum atomic E-state index is -1.67. The number of halogens is 4. The summed E-state index contributed by atoms with van der Waals surface area (Å²) in [6.07, 6.45) is 8.89. The number of aromatic nitrogens is 4. The number of para-hydroxylation sites is 4. The molecule has 2 saturated heterocycles. The highest BCUT2D eigenvalue weighted by atomic mass is 79.9. The van der Waals surface area contributed by atoms with Crippen molar-refractivity contribution >= 4 is 102 Å². The van der Waals surface area contributed by atoms with E-state index in [1.807, 2.05) is 129 Å². The predicted molar refractivity (Wildman–Crippen MR) is 447 cm³/mol. The number of aryl methyl sites for hydroxylation is 5. The third-order valence-electron chi connectivity index (χ3n) is 19.3. The van der Waals surface area contributed by atoms with Crippen molar-refractivity contribution in [2.75, 3.05) is 32.7 Å². The zero-order chi connectivity index (χ0) is 74.5. The first-order chi connectivity index (χ1) is 50.7. The summed E-state index contributed by atoms with van der Waals surface area (Å²) in [6.45, 7) is 28.9. The van der Waals surface area contributed by atoms with E-state index in [1.54, 1.807) is 6.20 Å². The molecule has 2 aliphatic heterocycles. The van der Waals surface area contributed by atoms with Gasteiger partial charge in [0.1, 0.15) is 6.10 Å². The van der Waals surface area contributed by atoms with Crippen LogP contribution in [0.15, 0.2) is 285 Å². The molecule has 6 heterocycles. The number of nitrogens with one attached hydrogen (secondary N) is 1. The summed E-state index contributed by atoms with van der Waals surface area (Å²) in [4.78, 5) is 25.8. The molecule has 105 heavy (non-hydrogen) atoms. The summed E-state index contributed by atoms with van der Waals surface area (Å²) < 4.78 is 10.2. The van der Waals surface area contributed by atoms with Gasteiger partial charge in [-0.2, -0.15) is 0 Å². The monoisotopic (exact) mass is 1530 g/mol. The lowest BCUT2D eigenvalue weighted by Gasteiger charge is -2.47. The van der Waals surface area contributed by atoms with E-state index >= 15 is 0 Å². The van der Waals surface area contributed by atoms with E-state index in [2.05, 4.69) is 285 Å². The largest absolute Gasteiger partial charge is 0.384 e. The quantitative estimate of drug-likeness (QED) is 0.0697. The summed E-state index contributed by atoms with van der Waals surface area (Å²) >= 11 is 10.0. The van der Waals surface area contributed by atoms with Crippen molar-refractivity contribution in [1.82, 2.24) is 40.0 Å². The molecule has 13 aromatic rings. The Morgan fingerprint density at radius 3 is 1.26 bits per heavy atom. The lowest BCUT2D eigenvalue weighted by molar-refractivity contribution is 0.0310. The molecule has 0 spiro atoms. The highest BCUT2D eigenvalue weighted by Gasteiger charge is 2.36.